The van der Waals surface area contributed by atoms with E-state index in [2.05, 4.69) is 5.32 Å². The lowest BCUT2D eigenvalue weighted by atomic mass is 10.1. The zero-order valence-electron chi connectivity index (χ0n) is 10.5. The lowest BCUT2D eigenvalue weighted by Gasteiger charge is -2.11. The van der Waals surface area contributed by atoms with Gasteiger partial charge in [-0.25, -0.2) is 9.59 Å². The minimum Gasteiger partial charge on any atom is -0.478 e. The van der Waals surface area contributed by atoms with E-state index >= 15 is 0 Å². The molecule has 2 rings (SSSR count). The van der Waals surface area contributed by atoms with Crippen molar-refractivity contribution in [3.8, 4) is 0 Å². The van der Waals surface area contributed by atoms with Gasteiger partial charge in [-0.05, 0) is 31.0 Å². The maximum absolute atomic E-state index is 11.8. The number of aromatic carboxylic acids is 2. The molecule has 0 spiro atoms. The maximum Gasteiger partial charge on any atom is 0.335 e. The Bertz CT molecular complexity index is 530. The summed E-state index contributed by atoms with van der Waals surface area (Å²) >= 11 is 0. The highest BCUT2D eigenvalue weighted by molar-refractivity contribution is 5.99. The molecule has 0 bridgehead atoms. The molecule has 1 fully saturated rings. The Morgan fingerprint density at radius 3 is 2.15 bits per heavy atom. The van der Waals surface area contributed by atoms with Gasteiger partial charge in [0.05, 0.1) is 11.1 Å². The molecule has 0 aromatic heterocycles. The van der Waals surface area contributed by atoms with Crippen LogP contribution in [-0.4, -0.2) is 40.8 Å². The molecule has 0 saturated carbocycles. The zero-order chi connectivity index (χ0) is 14.7. The van der Waals surface area contributed by atoms with Crippen molar-refractivity contribution in [2.45, 2.75) is 18.9 Å². The molecule has 1 aromatic rings. The van der Waals surface area contributed by atoms with Gasteiger partial charge in [0.2, 0.25) is 0 Å². The number of amides is 1. The molecule has 1 heterocycles. The molecule has 1 aromatic carbocycles. The molecule has 7 nitrogen and oxygen atoms in total. The van der Waals surface area contributed by atoms with Crippen molar-refractivity contribution < 1.29 is 29.3 Å². The summed E-state index contributed by atoms with van der Waals surface area (Å²) in [7, 11) is 0. The topological polar surface area (TPSA) is 113 Å². The van der Waals surface area contributed by atoms with Crippen LogP contribution >= 0.6 is 0 Å². The van der Waals surface area contributed by atoms with Crippen molar-refractivity contribution in [2.24, 2.45) is 0 Å². The molecular formula is C13H13NO6. The van der Waals surface area contributed by atoms with Crippen molar-refractivity contribution >= 4 is 23.5 Å². The smallest absolute Gasteiger partial charge is 0.335 e. The Hall–Kier alpha value is -2.41. The van der Waals surface area contributed by atoms with Crippen LogP contribution in [0.15, 0.2) is 18.2 Å². The monoisotopic (exact) mass is 279 g/mol. The Morgan fingerprint density at radius 2 is 1.70 bits per heavy atom. The molecule has 3 N–H and O–H groups in total. The first-order valence-electron chi connectivity index (χ1n) is 6.01. The van der Waals surface area contributed by atoms with Gasteiger partial charge in [0.25, 0.3) is 5.91 Å². The molecule has 1 saturated heterocycles. The summed E-state index contributed by atoms with van der Waals surface area (Å²) in [5.41, 5.74) is -0.275. The van der Waals surface area contributed by atoms with Crippen LogP contribution < -0.4 is 5.32 Å². The second-order valence-corrected chi connectivity index (χ2v) is 4.40. The summed E-state index contributed by atoms with van der Waals surface area (Å²) < 4.78 is 5.20. The van der Waals surface area contributed by atoms with Crippen LogP contribution in [-0.2, 0) is 9.53 Å². The Balaban J connectivity index is 2.23. The standard InChI is InChI=1S/C13H13NO6/c15-11(10-2-1-3-20-10)14-9-5-7(12(16)17)4-8(6-9)13(18)19/h4-6,10H,1-3H2,(H,14,15)(H,16,17)(H,18,19). The lowest BCUT2D eigenvalue weighted by Crippen LogP contribution is -2.27. The molecule has 1 aliphatic rings. The number of nitrogens with one attached hydrogen (secondary N) is 1. The van der Waals surface area contributed by atoms with Crippen LogP contribution in [0.3, 0.4) is 0 Å². The Morgan fingerprint density at radius 1 is 1.10 bits per heavy atom. The highest BCUT2D eigenvalue weighted by Crippen LogP contribution is 2.18. The van der Waals surface area contributed by atoms with Crippen LogP contribution in [0.4, 0.5) is 5.69 Å². The molecule has 7 heteroatoms. The van der Waals surface area contributed by atoms with E-state index < -0.39 is 23.9 Å². The number of hydrogen-bond acceptors (Lipinski definition) is 4. The molecule has 1 atom stereocenters. The molecule has 0 radical (unpaired) electrons. The predicted molar refractivity (Wildman–Crippen MR) is 68.0 cm³/mol. The highest BCUT2D eigenvalue weighted by atomic mass is 16.5. The molecular weight excluding hydrogens is 266 g/mol. The van der Waals surface area contributed by atoms with Gasteiger partial charge in [-0.2, -0.15) is 0 Å². The van der Waals surface area contributed by atoms with Crippen LogP contribution in [0, 0.1) is 0 Å². The van der Waals surface area contributed by atoms with Gasteiger partial charge in [0.15, 0.2) is 0 Å². The minimum atomic E-state index is -1.26. The number of anilines is 1. The van der Waals surface area contributed by atoms with E-state index in [9.17, 15) is 14.4 Å². The molecule has 1 unspecified atom stereocenters. The predicted octanol–water partition coefficient (Wildman–Crippen LogP) is 1.20. The van der Waals surface area contributed by atoms with E-state index in [0.717, 1.165) is 12.5 Å². The van der Waals surface area contributed by atoms with Crippen LogP contribution in [0.25, 0.3) is 0 Å². The van der Waals surface area contributed by atoms with Crippen molar-refractivity contribution in [1.82, 2.24) is 0 Å². The van der Waals surface area contributed by atoms with Crippen LogP contribution in [0.1, 0.15) is 33.6 Å². The largest absolute Gasteiger partial charge is 0.478 e. The molecule has 1 amide bonds. The van der Waals surface area contributed by atoms with Crippen molar-refractivity contribution in [1.29, 1.82) is 0 Å². The SMILES string of the molecule is O=C(O)c1cc(NC(=O)C2CCCO2)cc(C(=O)O)c1. The van der Waals surface area contributed by atoms with Gasteiger partial charge < -0.3 is 20.3 Å². The van der Waals surface area contributed by atoms with Gasteiger partial charge in [-0.1, -0.05) is 0 Å². The van der Waals surface area contributed by atoms with E-state index in [-0.39, 0.29) is 16.8 Å². The fraction of sp³-hybridized carbons (Fsp3) is 0.308. The summed E-state index contributed by atoms with van der Waals surface area (Å²) in [5.74, 6) is -2.93. The summed E-state index contributed by atoms with van der Waals surface area (Å²) in [4.78, 5) is 33.7. The van der Waals surface area contributed by atoms with Gasteiger partial charge in [-0.3, -0.25) is 4.79 Å². The summed E-state index contributed by atoms with van der Waals surface area (Å²) in [6.45, 7) is 0.508. The molecule has 106 valence electrons. The van der Waals surface area contributed by atoms with Gasteiger partial charge in [-0.15, -0.1) is 0 Å². The number of rotatable bonds is 4. The van der Waals surface area contributed by atoms with E-state index in [1.165, 1.54) is 12.1 Å². The molecule has 0 aliphatic carbocycles. The second-order valence-electron chi connectivity index (χ2n) is 4.40. The van der Waals surface area contributed by atoms with Crippen LogP contribution in [0.5, 0.6) is 0 Å². The van der Waals surface area contributed by atoms with E-state index in [1.807, 2.05) is 0 Å². The number of benzene rings is 1. The van der Waals surface area contributed by atoms with E-state index in [0.29, 0.717) is 13.0 Å². The van der Waals surface area contributed by atoms with Gasteiger partial charge >= 0.3 is 11.9 Å². The number of carboxylic acids is 2. The van der Waals surface area contributed by atoms with E-state index in [1.54, 1.807) is 0 Å². The Labute approximate surface area is 114 Å². The van der Waals surface area contributed by atoms with Crippen molar-refractivity contribution in [3.63, 3.8) is 0 Å². The maximum atomic E-state index is 11.8. The summed E-state index contributed by atoms with van der Waals surface area (Å²) in [6, 6.07) is 3.45. The first-order valence-corrected chi connectivity index (χ1v) is 6.01. The fourth-order valence-corrected chi connectivity index (χ4v) is 1.95. The average molecular weight is 279 g/mol. The first kappa shape index (κ1) is 14.0. The third-order valence-electron chi connectivity index (χ3n) is 2.92. The van der Waals surface area contributed by atoms with Crippen LogP contribution in [0.2, 0.25) is 0 Å². The van der Waals surface area contributed by atoms with E-state index in [4.69, 9.17) is 14.9 Å². The number of carboxylic acid groups (broad SMARTS) is 2. The number of ether oxygens (including phenoxy) is 1. The number of hydrogen-bond donors (Lipinski definition) is 3. The first-order chi connectivity index (χ1) is 9.47. The summed E-state index contributed by atoms with van der Waals surface area (Å²) in [5, 5.41) is 20.3. The fourth-order valence-electron chi connectivity index (χ4n) is 1.95. The van der Waals surface area contributed by atoms with Crippen molar-refractivity contribution in [2.75, 3.05) is 11.9 Å². The lowest BCUT2D eigenvalue weighted by molar-refractivity contribution is -0.124. The zero-order valence-corrected chi connectivity index (χ0v) is 10.5. The second kappa shape index (κ2) is 5.70. The van der Waals surface area contributed by atoms with Gasteiger partial charge in [0.1, 0.15) is 6.10 Å². The molecule has 20 heavy (non-hydrogen) atoms. The average Bonchev–Trinajstić information content (AvgIpc) is 2.92. The normalized spacial score (nSPS) is 17.7. The minimum absolute atomic E-state index is 0.128. The Kier molecular flexibility index (Phi) is 3.99. The third kappa shape index (κ3) is 3.12. The number of carbonyl (C=O) groups is 3. The van der Waals surface area contributed by atoms with Crippen molar-refractivity contribution in [3.05, 3.63) is 29.3 Å². The highest BCUT2D eigenvalue weighted by Gasteiger charge is 2.24. The quantitative estimate of drug-likeness (QED) is 0.763. The summed E-state index contributed by atoms with van der Waals surface area (Å²) in [6.07, 6.45) is 0.806. The molecule has 1 aliphatic heterocycles. The number of carbonyl (C=O) groups excluding carboxylic acids is 1. The van der Waals surface area contributed by atoms with Gasteiger partial charge in [0, 0.05) is 12.3 Å². The third-order valence-corrected chi connectivity index (χ3v) is 2.92.